The van der Waals surface area contributed by atoms with Crippen LogP contribution in [0, 0.1) is 6.92 Å². The van der Waals surface area contributed by atoms with Crippen molar-refractivity contribution in [3.05, 3.63) is 6.92 Å². The van der Waals surface area contributed by atoms with E-state index in [1.165, 1.54) is 57.8 Å². The Balaban J connectivity index is -0.000000321. The Labute approximate surface area is 138 Å². The van der Waals surface area contributed by atoms with Crippen molar-refractivity contribution in [2.24, 2.45) is 0 Å². The zero-order chi connectivity index (χ0) is 13.6. The van der Waals surface area contributed by atoms with Crippen LogP contribution in [0.2, 0.25) is 0 Å². The maximum atomic E-state index is 9.29. The number of rotatable bonds is 9. The Morgan fingerprint density at radius 2 is 1.22 bits per heavy atom. The quantitative estimate of drug-likeness (QED) is 0.199. The van der Waals surface area contributed by atoms with E-state index in [9.17, 15) is 9.79 Å². The normalized spacial score (nSPS) is 10.3. The van der Waals surface area contributed by atoms with Gasteiger partial charge in [0, 0.05) is 0 Å². The van der Waals surface area contributed by atoms with Crippen LogP contribution in [0.15, 0.2) is 0 Å². The van der Waals surface area contributed by atoms with Gasteiger partial charge in [-0.25, -0.2) is 0 Å². The molecule has 0 rings (SSSR count). The molecule has 0 fully saturated rings. The summed E-state index contributed by atoms with van der Waals surface area (Å²) >= 11 is 7.28. The molecular weight excluding hydrogens is 367 g/mol. The summed E-state index contributed by atoms with van der Waals surface area (Å²) in [6, 6.07) is 0. The first kappa shape index (κ1) is 24.6. The summed E-state index contributed by atoms with van der Waals surface area (Å²) in [5.74, 6) is 0. The van der Waals surface area contributed by atoms with E-state index in [1.807, 2.05) is 0 Å². The molecule has 0 aliphatic heterocycles. The van der Waals surface area contributed by atoms with Crippen molar-refractivity contribution in [1.82, 2.24) is 0 Å². The van der Waals surface area contributed by atoms with E-state index in [4.69, 9.17) is 0 Å². The molecule has 18 heavy (non-hydrogen) atoms. The van der Waals surface area contributed by atoms with Crippen LogP contribution >= 0.6 is 5.69 Å². The van der Waals surface area contributed by atoms with Gasteiger partial charge < -0.3 is 34.7 Å². The van der Waals surface area contributed by atoms with Gasteiger partial charge in [0.25, 0.3) is 0 Å². The monoisotopic (exact) mass is 394 g/mol. The Kier molecular flexibility index (Phi) is 25.4. The predicted molar refractivity (Wildman–Crippen MR) is 78.9 cm³/mol. The van der Waals surface area contributed by atoms with Gasteiger partial charge in [-0.3, -0.25) is 0 Å². The third-order valence-electron chi connectivity index (χ3n) is 2.35. The molecule has 0 aromatic rings. The molecule has 0 bridgehead atoms. The molecule has 2 nitrogen and oxygen atoms in total. The standard InChI is InChI=1S/C12H25.Mo.H3O2PS2/c1-3-5-7-9-11-12-10-8-6-4-2;;1-3(2,4)5/h1,3-12H2,2H3;;(H3,1,2,4,5)/q-1;+4;/p-3. The van der Waals surface area contributed by atoms with Crippen LogP contribution in [0.1, 0.15) is 71.1 Å². The largest absolute Gasteiger partial charge is 4.00 e. The average Bonchev–Trinajstić information content (AvgIpc) is 2.20. The van der Waals surface area contributed by atoms with Crippen molar-refractivity contribution in [2.75, 3.05) is 0 Å². The minimum Gasteiger partial charge on any atom is -0.850 e. The summed E-state index contributed by atoms with van der Waals surface area (Å²) in [5.41, 5.74) is -3.72. The predicted octanol–water partition coefficient (Wildman–Crippen LogP) is 3.22. The molecule has 0 saturated carbocycles. The first-order valence-electron chi connectivity index (χ1n) is 6.44. The van der Waals surface area contributed by atoms with Crippen LogP contribution < -0.4 is 9.79 Å². The number of hydrogen-bond acceptors (Lipinski definition) is 4. The fourth-order valence-corrected chi connectivity index (χ4v) is 1.49. The maximum absolute atomic E-state index is 9.29. The van der Waals surface area contributed by atoms with E-state index in [1.54, 1.807) is 0 Å². The number of unbranched alkanes of at least 4 members (excludes halogenated alkanes) is 9. The van der Waals surface area contributed by atoms with E-state index in [2.05, 4.69) is 37.9 Å². The van der Waals surface area contributed by atoms with E-state index in [0.29, 0.717) is 0 Å². The molecule has 0 aliphatic carbocycles. The first-order valence-corrected chi connectivity index (χ1v) is 10.1. The van der Waals surface area contributed by atoms with Crippen molar-refractivity contribution in [2.45, 2.75) is 71.1 Å². The molecular formula is C12H25MoO2PS2. The van der Waals surface area contributed by atoms with E-state index >= 15 is 0 Å². The van der Waals surface area contributed by atoms with Gasteiger partial charge in [0.1, 0.15) is 0 Å². The van der Waals surface area contributed by atoms with Crippen LogP contribution in [0.5, 0.6) is 0 Å². The molecule has 0 aliphatic rings. The minimum absolute atomic E-state index is 0. The summed E-state index contributed by atoms with van der Waals surface area (Å²) in [6.45, 7) is 6.12. The van der Waals surface area contributed by atoms with E-state index in [-0.39, 0.29) is 21.1 Å². The van der Waals surface area contributed by atoms with Gasteiger partial charge in [-0.1, -0.05) is 64.7 Å². The molecule has 108 valence electrons. The van der Waals surface area contributed by atoms with Crippen molar-refractivity contribution in [3.8, 4) is 0 Å². The van der Waals surface area contributed by atoms with Gasteiger partial charge in [-0.15, -0.1) is 0 Å². The van der Waals surface area contributed by atoms with Crippen LogP contribution in [-0.2, 0) is 45.1 Å². The third-order valence-corrected chi connectivity index (χ3v) is 2.35. The van der Waals surface area contributed by atoms with E-state index < -0.39 is 5.69 Å². The fourth-order valence-electron chi connectivity index (χ4n) is 1.49. The van der Waals surface area contributed by atoms with Crippen molar-refractivity contribution < 1.29 is 30.9 Å². The van der Waals surface area contributed by atoms with Gasteiger partial charge in [0.15, 0.2) is 0 Å². The summed E-state index contributed by atoms with van der Waals surface area (Å²) < 4.78 is 0. The van der Waals surface area contributed by atoms with E-state index in [0.717, 1.165) is 6.42 Å². The molecule has 0 spiro atoms. The summed E-state index contributed by atoms with van der Waals surface area (Å²) in [4.78, 5) is 18.6. The van der Waals surface area contributed by atoms with Crippen LogP contribution in [0.4, 0.5) is 0 Å². The molecule has 0 radical (unpaired) electrons. The number of hydrogen-bond donors (Lipinski definition) is 0. The summed E-state index contributed by atoms with van der Waals surface area (Å²) in [6.07, 6.45) is 13.9. The Bertz CT molecular complexity index is 171. The maximum Gasteiger partial charge on any atom is 4.00 e. The topological polar surface area (TPSA) is 46.1 Å². The second-order valence-electron chi connectivity index (χ2n) is 4.13. The van der Waals surface area contributed by atoms with Crippen molar-refractivity contribution in [3.63, 3.8) is 0 Å². The first-order chi connectivity index (χ1) is 7.91. The molecule has 0 heterocycles. The summed E-state index contributed by atoms with van der Waals surface area (Å²) in [7, 11) is 0. The Hall–Kier alpha value is 1.61. The van der Waals surface area contributed by atoms with Gasteiger partial charge >= 0.3 is 21.1 Å². The van der Waals surface area contributed by atoms with Gasteiger partial charge in [0.2, 0.25) is 0 Å². The van der Waals surface area contributed by atoms with Gasteiger partial charge in [-0.2, -0.15) is 18.2 Å². The second kappa shape index (κ2) is 18.6. The molecule has 0 aromatic heterocycles. The molecule has 0 unspecified atom stereocenters. The zero-order valence-electron chi connectivity index (χ0n) is 11.3. The van der Waals surface area contributed by atoms with Crippen LogP contribution in [0.3, 0.4) is 0 Å². The van der Waals surface area contributed by atoms with Gasteiger partial charge in [-0.05, 0) is 0 Å². The van der Waals surface area contributed by atoms with Crippen molar-refractivity contribution >= 4 is 29.7 Å². The molecule has 0 amide bonds. The van der Waals surface area contributed by atoms with Crippen molar-refractivity contribution in [1.29, 1.82) is 0 Å². The van der Waals surface area contributed by atoms with Crippen LogP contribution in [0.25, 0.3) is 0 Å². The summed E-state index contributed by atoms with van der Waals surface area (Å²) in [5, 5.41) is 0. The Morgan fingerprint density at radius 1 is 0.944 bits per heavy atom. The Morgan fingerprint density at radius 3 is 1.50 bits per heavy atom. The second-order valence-corrected chi connectivity index (χ2v) is 8.60. The fraction of sp³-hybridized carbons (Fsp3) is 0.917. The molecule has 0 aromatic carbocycles. The molecule has 6 heteroatoms. The minimum atomic E-state index is -3.72. The molecule has 0 atom stereocenters. The molecule has 0 N–H and O–H groups in total. The SMILES string of the molecule is [CH2-]CCCCCCCCCCC.[Mo+4].[O-]P([O-])(=S)[S-]. The average molecular weight is 392 g/mol. The van der Waals surface area contributed by atoms with Gasteiger partial charge in [0.05, 0.1) is 0 Å². The smallest absolute Gasteiger partial charge is 0.850 e. The molecule has 0 saturated heterocycles. The van der Waals surface area contributed by atoms with Crippen LogP contribution in [-0.4, -0.2) is 0 Å². The third kappa shape index (κ3) is 43.2. The zero-order valence-corrected chi connectivity index (χ0v) is 15.8.